The van der Waals surface area contributed by atoms with E-state index in [-0.39, 0.29) is 17.5 Å². The molecule has 1 aliphatic heterocycles. The largest absolute Gasteiger partial charge is 0.340 e. The van der Waals surface area contributed by atoms with Crippen LogP contribution < -0.4 is 5.32 Å². The van der Waals surface area contributed by atoms with Gasteiger partial charge in [-0.3, -0.25) is 4.79 Å². The molecule has 1 fully saturated rings. The number of likely N-dealkylation sites (N-methyl/N-ethyl adjacent to an activating group) is 1. The molecule has 1 unspecified atom stereocenters. The quantitative estimate of drug-likeness (QED) is 0.911. The van der Waals surface area contributed by atoms with Gasteiger partial charge in [0.1, 0.15) is 11.6 Å². The molecular formula is C14H18F2N2O. The van der Waals surface area contributed by atoms with Crippen LogP contribution in [0.15, 0.2) is 18.2 Å². The van der Waals surface area contributed by atoms with Gasteiger partial charge in [0.25, 0.3) is 5.91 Å². The van der Waals surface area contributed by atoms with Crippen LogP contribution in [0, 0.1) is 11.6 Å². The van der Waals surface area contributed by atoms with Crippen molar-refractivity contribution in [3.63, 3.8) is 0 Å². The molecule has 1 N–H and O–H groups in total. The molecule has 0 aromatic heterocycles. The van der Waals surface area contributed by atoms with Gasteiger partial charge < -0.3 is 10.2 Å². The van der Waals surface area contributed by atoms with Gasteiger partial charge in [-0.25, -0.2) is 8.78 Å². The molecule has 0 spiro atoms. The normalized spacial score (nSPS) is 19.2. The van der Waals surface area contributed by atoms with E-state index in [4.69, 9.17) is 0 Å². The maximum atomic E-state index is 13.1. The Morgan fingerprint density at radius 1 is 1.32 bits per heavy atom. The van der Waals surface area contributed by atoms with Gasteiger partial charge in [0, 0.05) is 31.3 Å². The number of benzene rings is 1. The van der Waals surface area contributed by atoms with Crippen LogP contribution in [0.1, 0.15) is 29.6 Å². The highest BCUT2D eigenvalue weighted by Crippen LogP contribution is 2.12. The lowest BCUT2D eigenvalue weighted by atomic mass is 10.0. The average Bonchev–Trinajstić information content (AvgIpc) is 2.37. The Labute approximate surface area is 111 Å². The van der Waals surface area contributed by atoms with Crippen LogP contribution in [0.25, 0.3) is 0 Å². The topological polar surface area (TPSA) is 32.3 Å². The van der Waals surface area contributed by atoms with Gasteiger partial charge in [0.2, 0.25) is 0 Å². The van der Waals surface area contributed by atoms with Crippen molar-refractivity contribution in [2.45, 2.75) is 25.3 Å². The molecule has 5 heteroatoms. The smallest absolute Gasteiger partial charge is 0.253 e. The molecule has 1 aliphatic rings. The molecule has 1 atom stereocenters. The Kier molecular flexibility index (Phi) is 4.47. The Balaban J connectivity index is 2.01. The van der Waals surface area contributed by atoms with Gasteiger partial charge in [0.05, 0.1) is 0 Å². The first-order chi connectivity index (χ1) is 9.06. The van der Waals surface area contributed by atoms with Gasteiger partial charge in [-0.1, -0.05) is 6.42 Å². The van der Waals surface area contributed by atoms with Crippen LogP contribution in [-0.2, 0) is 0 Å². The van der Waals surface area contributed by atoms with E-state index < -0.39 is 11.6 Å². The predicted octanol–water partition coefficient (Wildman–Crippen LogP) is 2.18. The number of hydrogen-bond donors (Lipinski definition) is 1. The zero-order chi connectivity index (χ0) is 13.8. The van der Waals surface area contributed by atoms with E-state index in [0.29, 0.717) is 6.54 Å². The number of rotatable bonds is 3. The minimum Gasteiger partial charge on any atom is -0.340 e. The maximum Gasteiger partial charge on any atom is 0.253 e. The lowest BCUT2D eigenvalue weighted by Gasteiger charge is -2.28. The van der Waals surface area contributed by atoms with Crippen LogP contribution >= 0.6 is 0 Å². The molecule has 0 saturated carbocycles. The van der Waals surface area contributed by atoms with Crippen molar-refractivity contribution < 1.29 is 13.6 Å². The highest BCUT2D eigenvalue weighted by atomic mass is 19.1. The fourth-order valence-corrected chi connectivity index (χ4v) is 2.39. The summed E-state index contributed by atoms with van der Waals surface area (Å²) >= 11 is 0. The zero-order valence-corrected chi connectivity index (χ0v) is 11.0. The van der Waals surface area contributed by atoms with E-state index in [1.54, 1.807) is 7.05 Å². The third-order valence-corrected chi connectivity index (χ3v) is 3.36. The van der Waals surface area contributed by atoms with Gasteiger partial charge in [-0.2, -0.15) is 0 Å². The van der Waals surface area contributed by atoms with E-state index in [1.807, 2.05) is 0 Å². The summed E-state index contributed by atoms with van der Waals surface area (Å²) in [5, 5.41) is 3.34. The highest BCUT2D eigenvalue weighted by molar-refractivity contribution is 5.94. The molecule has 104 valence electrons. The number of hydrogen-bond acceptors (Lipinski definition) is 2. The monoisotopic (exact) mass is 268 g/mol. The van der Waals surface area contributed by atoms with E-state index in [9.17, 15) is 13.6 Å². The minimum absolute atomic E-state index is 0.0517. The lowest BCUT2D eigenvalue weighted by Crippen LogP contribution is -2.44. The highest BCUT2D eigenvalue weighted by Gasteiger charge is 2.19. The average molecular weight is 268 g/mol. The summed E-state index contributed by atoms with van der Waals surface area (Å²) in [6, 6.07) is 3.16. The van der Waals surface area contributed by atoms with Crippen molar-refractivity contribution in [3.8, 4) is 0 Å². The Bertz CT molecular complexity index is 439. The number of carbonyl (C=O) groups excluding carboxylic acids is 1. The van der Waals surface area contributed by atoms with Gasteiger partial charge in [-0.15, -0.1) is 0 Å². The Hall–Kier alpha value is -1.49. The van der Waals surface area contributed by atoms with E-state index in [2.05, 4.69) is 5.32 Å². The predicted molar refractivity (Wildman–Crippen MR) is 69.0 cm³/mol. The molecule has 19 heavy (non-hydrogen) atoms. The van der Waals surface area contributed by atoms with E-state index >= 15 is 0 Å². The fourth-order valence-electron chi connectivity index (χ4n) is 2.39. The van der Waals surface area contributed by atoms with Crippen molar-refractivity contribution in [2.75, 3.05) is 20.1 Å². The van der Waals surface area contributed by atoms with Crippen LogP contribution in [0.3, 0.4) is 0 Å². The number of amides is 1. The molecule has 3 nitrogen and oxygen atoms in total. The molecule has 2 rings (SSSR count). The zero-order valence-electron chi connectivity index (χ0n) is 11.0. The summed E-state index contributed by atoms with van der Waals surface area (Å²) in [6.45, 7) is 1.51. The van der Waals surface area contributed by atoms with Crippen molar-refractivity contribution in [1.29, 1.82) is 0 Å². The molecular weight excluding hydrogens is 250 g/mol. The van der Waals surface area contributed by atoms with E-state index in [0.717, 1.165) is 44.0 Å². The van der Waals surface area contributed by atoms with Crippen molar-refractivity contribution in [1.82, 2.24) is 10.2 Å². The lowest BCUT2D eigenvalue weighted by molar-refractivity contribution is 0.0774. The van der Waals surface area contributed by atoms with Crippen molar-refractivity contribution >= 4 is 5.91 Å². The SMILES string of the molecule is CN(CC1CCCCN1)C(=O)c1cc(F)cc(F)c1. The van der Waals surface area contributed by atoms with Gasteiger partial charge in [-0.05, 0) is 31.5 Å². The second-order valence-corrected chi connectivity index (χ2v) is 4.99. The van der Waals surface area contributed by atoms with E-state index in [1.165, 1.54) is 4.90 Å². The summed E-state index contributed by atoms with van der Waals surface area (Å²) in [5.41, 5.74) is 0.0517. The standard InChI is InChI=1S/C14H18F2N2O/c1-18(9-13-4-2-3-5-17-13)14(19)10-6-11(15)8-12(16)7-10/h6-8,13,17H,2-5,9H2,1H3. The molecule has 0 bridgehead atoms. The first-order valence-corrected chi connectivity index (χ1v) is 6.51. The van der Waals surface area contributed by atoms with Crippen molar-refractivity contribution in [3.05, 3.63) is 35.4 Å². The maximum absolute atomic E-state index is 13.1. The number of piperidine rings is 1. The summed E-state index contributed by atoms with van der Waals surface area (Å²) in [6.07, 6.45) is 3.33. The Morgan fingerprint density at radius 2 is 2.00 bits per heavy atom. The van der Waals surface area contributed by atoms with Gasteiger partial charge in [0.15, 0.2) is 0 Å². The molecule has 0 aliphatic carbocycles. The fraction of sp³-hybridized carbons (Fsp3) is 0.500. The van der Waals surface area contributed by atoms with Crippen molar-refractivity contribution in [2.24, 2.45) is 0 Å². The molecule has 1 saturated heterocycles. The summed E-state index contributed by atoms with van der Waals surface area (Å²) < 4.78 is 26.2. The summed E-state index contributed by atoms with van der Waals surface area (Å²) in [5.74, 6) is -1.81. The number of nitrogens with zero attached hydrogens (tertiary/aromatic N) is 1. The van der Waals surface area contributed by atoms with Crippen LogP contribution in [0.2, 0.25) is 0 Å². The summed E-state index contributed by atoms with van der Waals surface area (Å²) in [4.78, 5) is 13.6. The molecule has 1 heterocycles. The summed E-state index contributed by atoms with van der Waals surface area (Å²) in [7, 11) is 1.65. The Morgan fingerprint density at radius 3 is 2.58 bits per heavy atom. The number of halogens is 2. The first-order valence-electron chi connectivity index (χ1n) is 6.51. The molecule has 0 radical (unpaired) electrons. The second kappa shape index (κ2) is 6.10. The van der Waals surface area contributed by atoms with Gasteiger partial charge >= 0.3 is 0 Å². The van der Waals surface area contributed by atoms with Crippen LogP contribution in [0.4, 0.5) is 8.78 Å². The molecule has 1 amide bonds. The minimum atomic E-state index is -0.729. The van der Waals surface area contributed by atoms with Crippen LogP contribution in [-0.4, -0.2) is 37.0 Å². The first kappa shape index (κ1) is 13.9. The second-order valence-electron chi connectivity index (χ2n) is 4.99. The number of nitrogens with one attached hydrogen (secondary N) is 1. The third-order valence-electron chi connectivity index (χ3n) is 3.36. The van der Waals surface area contributed by atoms with Crippen LogP contribution in [0.5, 0.6) is 0 Å². The third kappa shape index (κ3) is 3.73. The number of carbonyl (C=O) groups is 1. The molecule has 1 aromatic carbocycles. The molecule has 1 aromatic rings.